The number of nitrogens with two attached hydrogens (primary N) is 1. The lowest BCUT2D eigenvalue weighted by molar-refractivity contribution is -0.385. The molecule has 0 saturated carbocycles. The van der Waals surface area contributed by atoms with Crippen molar-refractivity contribution < 1.29 is 41.2 Å². The van der Waals surface area contributed by atoms with Crippen LogP contribution >= 0.6 is 11.3 Å². The van der Waals surface area contributed by atoms with Gasteiger partial charge in [0, 0.05) is 17.0 Å². The number of pyridine rings is 1. The molecule has 5 rings (SSSR count). The number of amides is 2. The summed E-state index contributed by atoms with van der Waals surface area (Å²) in [4.78, 5) is 39.1. The lowest BCUT2D eigenvalue weighted by Crippen LogP contribution is -2.16. The van der Waals surface area contributed by atoms with Crippen molar-refractivity contribution >= 4 is 44.7 Å². The quantitative estimate of drug-likeness (QED) is 0.110. The van der Waals surface area contributed by atoms with Gasteiger partial charge in [-0.1, -0.05) is 12.1 Å². The largest absolute Gasteiger partial charge is 0.486 e. The molecule has 0 saturated heterocycles. The SMILES string of the molecule is Cc1cc(OCc2ccc(C(=O)Nc3c(C(N)=O)sc4nc(C(F)(F)F)cc(-c5ccc(F)cc5)c34)o2)ccc1[N+](=O)[O-]. The van der Waals surface area contributed by atoms with E-state index in [0.717, 1.165) is 18.2 Å². The highest BCUT2D eigenvalue weighted by Gasteiger charge is 2.35. The summed E-state index contributed by atoms with van der Waals surface area (Å²) in [6.07, 6.45) is -4.84. The Hall–Kier alpha value is -5.31. The number of primary amides is 1. The van der Waals surface area contributed by atoms with Gasteiger partial charge in [-0.25, -0.2) is 9.37 Å². The third kappa shape index (κ3) is 6.01. The predicted molar refractivity (Wildman–Crippen MR) is 147 cm³/mol. The first-order valence-corrected chi connectivity index (χ1v) is 13.0. The van der Waals surface area contributed by atoms with Crippen LogP contribution in [0.4, 0.5) is 28.9 Å². The summed E-state index contributed by atoms with van der Waals surface area (Å²) in [5.41, 5.74) is 4.47. The summed E-state index contributed by atoms with van der Waals surface area (Å²) >= 11 is 0.559. The standard InChI is InChI=1S/C28H18F4N4O6S/c1-13-10-16(6-8-19(13)36(39)40)41-12-17-7-9-20(42-17)26(38)35-23-22-18(14-2-4-15(29)5-3-14)11-21(28(30,31)32)34-27(22)43-24(23)25(33)37/h2-11H,12H2,1H3,(H2,33,37)(H,35,38). The second-order valence-electron chi connectivity index (χ2n) is 9.12. The Morgan fingerprint density at radius 2 is 1.84 bits per heavy atom. The van der Waals surface area contributed by atoms with Crippen molar-refractivity contribution in [1.82, 2.24) is 4.98 Å². The number of thiophene rings is 1. The fraction of sp³-hybridized carbons (Fsp3) is 0.107. The lowest BCUT2D eigenvalue weighted by atomic mass is 10.0. The Labute approximate surface area is 242 Å². The Balaban J connectivity index is 1.47. The number of hydrogen-bond acceptors (Lipinski definition) is 8. The van der Waals surface area contributed by atoms with Crippen molar-refractivity contribution in [3.8, 4) is 16.9 Å². The summed E-state index contributed by atoms with van der Waals surface area (Å²) in [7, 11) is 0. The maximum absolute atomic E-state index is 13.7. The number of halogens is 4. The maximum Gasteiger partial charge on any atom is 0.433 e. The molecule has 220 valence electrons. The fourth-order valence-corrected chi connectivity index (χ4v) is 5.23. The van der Waals surface area contributed by atoms with E-state index in [-0.39, 0.29) is 55.7 Å². The van der Waals surface area contributed by atoms with Crippen LogP contribution in [0.3, 0.4) is 0 Å². The van der Waals surface area contributed by atoms with Gasteiger partial charge in [0.2, 0.25) is 0 Å². The van der Waals surface area contributed by atoms with E-state index >= 15 is 0 Å². The van der Waals surface area contributed by atoms with E-state index in [1.807, 2.05) is 0 Å². The number of hydrogen-bond donors (Lipinski definition) is 2. The van der Waals surface area contributed by atoms with Crippen molar-refractivity contribution in [2.75, 3.05) is 5.32 Å². The van der Waals surface area contributed by atoms with Gasteiger partial charge in [-0.3, -0.25) is 19.7 Å². The van der Waals surface area contributed by atoms with Gasteiger partial charge in [0.15, 0.2) is 5.76 Å². The number of nitro benzene ring substituents is 1. The van der Waals surface area contributed by atoms with Gasteiger partial charge in [-0.15, -0.1) is 11.3 Å². The van der Waals surface area contributed by atoms with Crippen LogP contribution in [0.2, 0.25) is 0 Å². The number of benzene rings is 2. The van der Waals surface area contributed by atoms with Crippen LogP contribution in [0.15, 0.2) is 65.1 Å². The molecule has 3 N–H and O–H groups in total. The van der Waals surface area contributed by atoms with E-state index in [1.54, 1.807) is 6.92 Å². The molecule has 2 amide bonds. The number of fused-ring (bicyclic) bond motifs is 1. The molecule has 5 aromatic rings. The molecule has 15 heteroatoms. The van der Waals surface area contributed by atoms with Gasteiger partial charge in [0.1, 0.15) is 39.3 Å². The zero-order valence-corrected chi connectivity index (χ0v) is 22.6. The molecule has 0 radical (unpaired) electrons. The van der Waals surface area contributed by atoms with E-state index in [2.05, 4.69) is 10.3 Å². The third-order valence-corrected chi connectivity index (χ3v) is 7.30. The smallest absolute Gasteiger partial charge is 0.433 e. The minimum absolute atomic E-state index is 0.00425. The molecule has 0 bridgehead atoms. The first kappa shape index (κ1) is 29.2. The monoisotopic (exact) mass is 614 g/mol. The summed E-state index contributed by atoms with van der Waals surface area (Å²) in [5, 5.41) is 13.5. The van der Waals surface area contributed by atoms with Crippen molar-refractivity contribution in [1.29, 1.82) is 0 Å². The van der Waals surface area contributed by atoms with Crippen LogP contribution in [-0.4, -0.2) is 21.7 Å². The van der Waals surface area contributed by atoms with Crippen LogP contribution in [0.25, 0.3) is 21.3 Å². The first-order valence-electron chi connectivity index (χ1n) is 12.2. The number of furan rings is 1. The van der Waals surface area contributed by atoms with E-state index in [4.69, 9.17) is 14.9 Å². The zero-order valence-electron chi connectivity index (χ0n) is 21.8. The number of carbonyl (C=O) groups is 2. The summed E-state index contributed by atoms with van der Waals surface area (Å²) in [6.45, 7) is 1.41. The molecule has 43 heavy (non-hydrogen) atoms. The molecule has 0 aliphatic heterocycles. The lowest BCUT2D eigenvalue weighted by Gasteiger charge is -2.12. The van der Waals surface area contributed by atoms with E-state index < -0.39 is 34.4 Å². The van der Waals surface area contributed by atoms with Gasteiger partial charge in [-0.2, -0.15) is 13.2 Å². The number of aryl methyl sites for hydroxylation is 1. The van der Waals surface area contributed by atoms with Crippen molar-refractivity contribution in [2.45, 2.75) is 19.7 Å². The Bertz CT molecular complexity index is 1900. The average molecular weight is 615 g/mol. The molecule has 2 aromatic carbocycles. The highest BCUT2D eigenvalue weighted by atomic mass is 32.1. The van der Waals surface area contributed by atoms with Crippen molar-refractivity contribution in [2.24, 2.45) is 5.73 Å². The van der Waals surface area contributed by atoms with E-state index in [1.165, 1.54) is 42.5 Å². The van der Waals surface area contributed by atoms with Gasteiger partial charge in [0.05, 0.1) is 10.6 Å². The van der Waals surface area contributed by atoms with Crippen LogP contribution in [0.5, 0.6) is 5.75 Å². The van der Waals surface area contributed by atoms with Gasteiger partial charge in [-0.05, 0) is 60.5 Å². The molecular weight excluding hydrogens is 596 g/mol. The van der Waals surface area contributed by atoms with Gasteiger partial charge >= 0.3 is 6.18 Å². The molecule has 0 unspecified atom stereocenters. The minimum atomic E-state index is -4.84. The number of nitrogens with one attached hydrogen (secondary N) is 1. The molecule has 0 fully saturated rings. The number of rotatable bonds is 8. The Kier molecular flexibility index (Phi) is 7.58. The average Bonchev–Trinajstić information content (AvgIpc) is 3.56. The highest BCUT2D eigenvalue weighted by Crippen LogP contribution is 2.44. The van der Waals surface area contributed by atoms with Crippen LogP contribution in [0, 0.1) is 22.9 Å². The number of ether oxygens (including phenoxy) is 1. The first-order chi connectivity index (χ1) is 20.3. The molecule has 3 heterocycles. The number of nitrogens with zero attached hydrogens (tertiary/aromatic N) is 2. The normalized spacial score (nSPS) is 11.5. The van der Waals surface area contributed by atoms with Crippen LogP contribution in [-0.2, 0) is 12.8 Å². The Morgan fingerprint density at radius 3 is 2.47 bits per heavy atom. The van der Waals surface area contributed by atoms with E-state index in [9.17, 15) is 37.3 Å². The van der Waals surface area contributed by atoms with Gasteiger partial charge < -0.3 is 20.2 Å². The van der Waals surface area contributed by atoms with Crippen molar-refractivity contribution in [3.63, 3.8) is 0 Å². The predicted octanol–water partition coefficient (Wildman–Crippen LogP) is 6.86. The number of alkyl halides is 3. The third-order valence-electron chi connectivity index (χ3n) is 6.20. The summed E-state index contributed by atoms with van der Waals surface area (Å²) in [6, 6.07) is 12.3. The molecule has 0 aliphatic carbocycles. The van der Waals surface area contributed by atoms with Crippen LogP contribution < -0.4 is 15.8 Å². The summed E-state index contributed by atoms with van der Waals surface area (Å²) in [5.74, 6) is -2.21. The number of carbonyl (C=O) groups excluding carboxylic acids is 2. The molecule has 0 aliphatic rings. The number of anilines is 1. The number of nitro groups is 1. The molecule has 0 spiro atoms. The summed E-state index contributed by atoms with van der Waals surface area (Å²) < 4.78 is 65.8. The molecule has 3 aromatic heterocycles. The highest BCUT2D eigenvalue weighted by molar-refractivity contribution is 7.21. The second-order valence-corrected chi connectivity index (χ2v) is 10.1. The van der Waals surface area contributed by atoms with Crippen LogP contribution in [0.1, 0.15) is 37.2 Å². The molecular formula is C28H18F4N4O6S. The minimum Gasteiger partial charge on any atom is -0.486 e. The van der Waals surface area contributed by atoms with E-state index in [0.29, 0.717) is 22.6 Å². The van der Waals surface area contributed by atoms with Gasteiger partial charge in [0.25, 0.3) is 17.5 Å². The fourth-order valence-electron chi connectivity index (χ4n) is 4.22. The number of aromatic nitrogens is 1. The molecule has 10 nitrogen and oxygen atoms in total. The maximum atomic E-state index is 13.7. The zero-order chi connectivity index (χ0) is 31.1. The topological polar surface area (TPSA) is 151 Å². The second kappa shape index (κ2) is 11.2. The Morgan fingerprint density at radius 1 is 1.12 bits per heavy atom. The molecule has 0 atom stereocenters. The van der Waals surface area contributed by atoms with Crippen molar-refractivity contribution in [3.05, 3.63) is 104 Å².